The van der Waals surface area contributed by atoms with E-state index in [0.717, 1.165) is 50.4 Å². The van der Waals surface area contributed by atoms with Crippen LogP contribution in [0, 0.1) is 6.92 Å². The van der Waals surface area contributed by atoms with E-state index in [-0.39, 0.29) is 6.17 Å². The highest BCUT2D eigenvalue weighted by Gasteiger charge is 2.21. The molecule has 1 unspecified atom stereocenters. The van der Waals surface area contributed by atoms with Crippen molar-refractivity contribution >= 4 is 22.4 Å². The van der Waals surface area contributed by atoms with Crippen LogP contribution in [0.2, 0.25) is 0 Å². The molecule has 47 heavy (non-hydrogen) atoms. The normalized spacial score (nSPS) is 14.3. The predicted molar refractivity (Wildman–Crippen MR) is 195 cm³/mol. The van der Waals surface area contributed by atoms with E-state index in [1.54, 1.807) is 0 Å². The zero-order valence-corrected chi connectivity index (χ0v) is 26.0. The molecule has 224 valence electrons. The molecule has 0 fully saturated rings. The van der Waals surface area contributed by atoms with E-state index in [0.29, 0.717) is 5.84 Å². The van der Waals surface area contributed by atoms with Gasteiger partial charge in [0.15, 0.2) is 5.84 Å². The first kappa shape index (κ1) is 28.4. The number of rotatable bonds is 6. The van der Waals surface area contributed by atoms with Gasteiger partial charge in [-0.2, -0.15) is 0 Å². The van der Waals surface area contributed by atoms with Gasteiger partial charge in [0.1, 0.15) is 12.0 Å². The topological polar surface area (TPSA) is 49.6 Å². The number of hydrogen-bond donors (Lipinski definition) is 1. The Labute approximate surface area is 274 Å². The molecule has 0 aliphatic carbocycles. The zero-order chi connectivity index (χ0) is 31.6. The number of benzene rings is 6. The lowest BCUT2D eigenvalue weighted by molar-refractivity contribution is 0.674. The molecule has 8 rings (SSSR count). The molecule has 1 N–H and O–H groups in total. The summed E-state index contributed by atoms with van der Waals surface area (Å²) in [4.78, 5) is 15.1. The standard InChI is InChI=1S/C43H32N4/c1-29-28-38-14-8-9-15-39(38)40(44-29)34-20-26-37(27-21-34)43-46-41(35-22-16-32(17-23-35)30-10-4-2-5-11-30)45-42(47-43)36-24-18-33(19-25-36)31-12-6-3-7-13-31/h2-28,43H,1H3,(H,45,46,47). The van der Waals surface area contributed by atoms with Gasteiger partial charge in [-0.15, -0.1) is 0 Å². The van der Waals surface area contributed by atoms with Crippen LogP contribution < -0.4 is 5.32 Å². The Hall–Kier alpha value is -6.13. The molecule has 1 atom stereocenters. The number of aromatic nitrogens is 1. The monoisotopic (exact) mass is 604 g/mol. The molecule has 4 heteroatoms. The van der Waals surface area contributed by atoms with E-state index in [1.165, 1.54) is 22.1 Å². The Morgan fingerprint density at radius 1 is 0.489 bits per heavy atom. The Morgan fingerprint density at radius 2 is 1.00 bits per heavy atom. The van der Waals surface area contributed by atoms with Crippen molar-refractivity contribution in [2.75, 3.05) is 0 Å². The summed E-state index contributed by atoms with van der Waals surface area (Å²) in [5.41, 5.74) is 10.8. The quantitative estimate of drug-likeness (QED) is 0.205. The minimum atomic E-state index is -0.309. The van der Waals surface area contributed by atoms with Gasteiger partial charge in [-0.3, -0.25) is 4.98 Å². The highest BCUT2D eigenvalue weighted by Crippen LogP contribution is 2.30. The van der Waals surface area contributed by atoms with E-state index in [1.807, 2.05) is 19.1 Å². The van der Waals surface area contributed by atoms with E-state index in [4.69, 9.17) is 15.0 Å². The largest absolute Gasteiger partial charge is 0.344 e. The summed E-state index contributed by atoms with van der Waals surface area (Å²) in [5.74, 6) is 1.49. The molecule has 0 radical (unpaired) electrons. The number of hydrogen-bond acceptors (Lipinski definition) is 4. The molecule has 4 nitrogen and oxygen atoms in total. The third-order valence-electron chi connectivity index (χ3n) is 8.63. The molecular formula is C43H32N4. The van der Waals surface area contributed by atoms with Crippen LogP contribution in [0.3, 0.4) is 0 Å². The Balaban J connectivity index is 1.15. The number of aryl methyl sites for hydroxylation is 1. The number of fused-ring (bicyclic) bond motifs is 1. The van der Waals surface area contributed by atoms with Crippen molar-refractivity contribution in [2.45, 2.75) is 13.1 Å². The fraction of sp³-hybridized carbons (Fsp3) is 0.0465. The molecule has 0 spiro atoms. The van der Waals surface area contributed by atoms with E-state index < -0.39 is 0 Å². The van der Waals surface area contributed by atoms with Crippen LogP contribution in [0.25, 0.3) is 44.3 Å². The van der Waals surface area contributed by atoms with Crippen LogP contribution >= 0.6 is 0 Å². The second-order valence-corrected chi connectivity index (χ2v) is 11.8. The average Bonchev–Trinajstić information content (AvgIpc) is 3.15. The van der Waals surface area contributed by atoms with Gasteiger partial charge in [-0.1, -0.05) is 158 Å². The van der Waals surface area contributed by atoms with E-state index in [9.17, 15) is 0 Å². The Morgan fingerprint density at radius 3 is 1.64 bits per heavy atom. The van der Waals surface area contributed by atoms with Crippen LogP contribution in [0.15, 0.2) is 174 Å². The van der Waals surface area contributed by atoms with Gasteiger partial charge in [-0.05, 0) is 46.2 Å². The van der Waals surface area contributed by atoms with Crippen LogP contribution in [-0.4, -0.2) is 16.7 Å². The average molecular weight is 605 g/mol. The summed E-state index contributed by atoms with van der Waals surface area (Å²) in [7, 11) is 0. The second-order valence-electron chi connectivity index (χ2n) is 11.8. The molecule has 1 aliphatic heterocycles. The highest BCUT2D eigenvalue weighted by atomic mass is 15.2. The fourth-order valence-corrected chi connectivity index (χ4v) is 6.17. The maximum atomic E-state index is 5.13. The Bertz CT molecular complexity index is 2240. The molecule has 0 amide bonds. The summed E-state index contributed by atoms with van der Waals surface area (Å²) in [6.45, 7) is 2.05. The maximum absolute atomic E-state index is 5.13. The zero-order valence-electron chi connectivity index (χ0n) is 26.0. The predicted octanol–water partition coefficient (Wildman–Crippen LogP) is 10.0. The minimum absolute atomic E-state index is 0.309. The van der Waals surface area contributed by atoms with Crippen LogP contribution in [0.1, 0.15) is 28.6 Å². The fourth-order valence-electron chi connectivity index (χ4n) is 6.17. The van der Waals surface area contributed by atoms with Crippen molar-refractivity contribution in [3.63, 3.8) is 0 Å². The molecule has 0 saturated carbocycles. The van der Waals surface area contributed by atoms with E-state index >= 15 is 0 Å². The first-order chi connectivity index (χ1) is 23.2. The number of nitrogens with zero attached hydrogens (tertiary/aromatic N) is 3. The van der Waals surface area contributed by atoms with Crippen molar-refractivity contribution in [3.8, 4) is 33.5 Å². The van der Waals surface area contributed by atoms with Gasteiger partial charge >= 0.3 is 0 Å². The molecule has 1 aromatic heterocycles. The first-order valence-corrected chi connectivity index (χ1v) is 15.9. The summed E-state index contributed by atoms with van der Waals surface area (Å²) in [6.07, 6.45) is -0.309. The van der Waals surface area contributed by atoms with Crippen molar-refractivity contribution in [3.05, 3.63) is 186 Å². The smallest absolute Gasteiger partial charge is 0.159 e. The van der Waals surface area contributed by atoms with Gasteiger partial charge in [-0.25, -0.2) is 9.98 Å². The number of nitrogens with one attached hydrogen (secondary N) is 1. The van der Waals surface area contributed by atoms with Crippen LogP contribution in [-0.2, 0) is 0 Å². The SMILES string of the molecule is Cc1cc2ccccc2c(-c2ccc(C3N=C(c4ccc(-c5ccccc5)cc4)N=C(c4ccc(-c5ccccc5)cc4)N3)cc2)n1. The number of aliphatic imine (C=N–C) groups is 2. The minimum Gasteiger partial charge on any atom is -0.344 e. The van der Waals surface area contributed by atoms with Gasteiger partial charge in [0, 0.05) is 27.8 Å². The van der Waals surface area contributed by atoms with Crippen molar-refractivity contribution in [2.24, 2.45) is 9.98 Å². The third kappa shape index (κ3) is 5.85. The molecule has 2 heterocycles. The van der Waals surface area contributed by atoms with Crippen molar-refractivity contribution in [1.82, 2.24) is 10.3 Å². The summed E-state index contributed by atoms with van der Waals surface area (Å²) in [5, 5.41) is 5.97. The third-order valence-corrected chi connectivity index (χ3v) is 8.63. The number of pyridine rings is 1. The highest BCUT2D eigenvalue weighted by molar-refractivity contribution is 6.13. The molecule has 0 bridgehead atoms. The lowest BCUT2D eigenvalue weighted by atomic mass is 10.0. The van der Waals surface area contributed by atoms with Crippen molar-refractivity contribution in [1.29, 1.82) is 0 Å². The lowest BCUT2D eigenvalue weighted by Crippen LogP contribution is -2.33. The molecular weight excluding hydrogens is 573 g/mol. The molecule has 0 saturated heterocycles. The van der Waals surface area contributed by atoms with Gasteiger partial charge < -0.3 is 5.32 Å². The van der Waals surface area contributed by atoms with Gasteiger partial charge in [0.05, 0.1) is 5.69 Å². The Kier molecular flexibility index (Phi) is 7.44. The molecule has 1 aliphatic rings. The van der Waals surface area contributed by atoms with Gasteiger partial charge in [0.2, 0.25) is 0 Å². The van der Waals surface area contributed by atoms with E-state index in [2.05, 4.69) is 157 Å². The molecule has 7 aromatic rings. The van der Waals surface area contributed by atoms with Crippen molar-refractivity contribution < 1.29 is 0 Å². The number of amidine groups is 2. The maximum Gasteiger partial charge on any atom is 0.159 e. The first-order valence-electron chi connectivity index (χ1n) is 15.9. The second kappa shape index (κ2) is 12.3. The molecule has 6 aromatic carbocycles. The van der Waals surface area contributed by atoms with Gasteiger partial charge in [0.25, 0.3) is 0 Å². The summed E-state index contributed by atoms with van der Waals surface area (Å²) >= 11 is 0. The summed E-state index contributed by atoms with van der Waals surface area (Å²) in [6, 6.07) is 57.1. The lowest BCUT2D eigenvalue weighted by Gasteiger charge is -2.24. The van der Waals surface area contributed by atoms with Crippen LogP contribution in [0.4, 0.5) is 0 Å². The summed E-state index contributed by atoms with van der Waals surface area (Å²) < 4.78 is 0. The van der Waals surface area contributed by atoms with Crippen LogP contribution in [0.5, 0.6) is 0 Å².